The van der Waals surface area contributed by atoms with Crippen LogP contribution in [0.15, 0.2) is 36.9 Å². The summed E-state index contributed by atoms with van der Waals surface area (Å²) in [5, 5.41) is 9.26. The summed E-state index contributed by atoms with van der Waals surface area (Å²) in [5.41, 5.74) is 0.651. The van der Waals surface area contributed by atoms with Gasteiger partial charge in [0.25, 0.3) is 5.91 Å². The van der Waals surface area contributed by atoms with Crippen molar-refractivity contribution in [3.63, 3.8) is 0 Å². The molecule has 0 radical (unpaired) electrons. The van der Waals surface area contributed by atoms with E-state index < -0.39 is 0 Å². The third kappa shape index (κ3) is 3.61. The molecule has 1 aliphatic carbocycles. The van der Waals surface area contributed by atoms with E-state index in [1.54, 1.807) is 42.3 Å². The number of aliphatic hydroxyl groups excluding tert-OH is 1. The Kier molecular flexibility index (Phi) is 4.79. The predicted octanol–water partition coefficient (Wildman–Crippen LogP) is 2.09. The summed E-state index contributed by atoms with van der Waals surface area (Å²) in [4.78, 5) is 14.0. The molecule has 1 fully saturated rings. The molecule has 0 saturated heterocycles. The summed E-state index contributed by atoms with van der Waals surface area (Å²) in [5.74, 6) is 1.15. The molecule has 4 heteroatoms. The second-order valence-electron chi connectivity index (χ2n) is 5.30. The molecule has 0 aromatic heterocycles. The summed E-state index contributed by atoms with van der Waals surface area (Å²) in [7, 11) is 1.80. The number of hydrogen-bond acceptors (Lipinski definition) is 3. The van der Waals surface area contributed by atoms with Crippen LogP contribution >= 0.6 is 0 Å². The molecule has 1 N–H and O–H groups in total. The molecule has 1 aliphatic rings. The van der Waals surface area contributed by atoms with E-state index in [4.69, 9.17) is 4.74 Å². The first-order valence-corrected chi connectivity index (χ1v) is 6.87. The van der Waals surface area contributed by atoms with Crippen LogP contribution in [0.2, 0.25) is 0 Å². The number of aliphatic hydroxyl groups is 1. The molecule has 4 nitrogen and oxygen atoms in total. The maximum absolute atomic E-state index is 12.2. The quantitative estimate of drug-likeness (QED) is 0.809. The smallest absolute Gasteiger partial charge is 0.253 e. The van der Waals surface area contributed by atoms with Gasteiger partial charge in [0.2, 0.25) is 0 Å². The van der Waals surface area contributed by atoms with Crippen molar-refractivity contribution >= 4 is 5.91 Å². The van der Waals surface area contributed by atoms with E-state index in [2.05, 4.69) is 6.58 Å². The zero-order chi connectivity index (χ0) is 14.5. The molecule has 0 heterocycles. The van der Waals surface area contributed by atoms with Crippen molar-refractivity contribution in [1.29, 1.82) is 0 Å². The van der Waals surface area contributed by atoms with Gasteiger partial charge in [-0.15, -0.1) is 0 Å². The van der Waals surface area contributed by atoms with E-state index in [0.717, 1.165) is 18.6 Å². The molecule has 0 bridgehead atoms. The van der Waals surface area contributed by atoms with Crippen LogP contribution in [0.5, 0.6) is 5.75 Å². The third-order valence-corrected chi connectivity index (χ3v) is 3.56. The number of carbonyl (C=O) groups is 1. The van der Waals surface area contributed by atoms with Gasteiger partial charge in [-0.3, -0.25) is 4.79 Å². The van der Waals surface area contributed by atoms with Crippen molar-refractivity contribution in [2.75, 3.05) is 20.2 Å². The van der Waals surface area contributed by atoms with E-state index in [-0.39, 0.29) is 12.0 Å². The SMILES string of the molecule is C=CCOc1ccc(C(=O)N(C)CC2CC(O)C2)cc1. The van der Waals surface area contributed by atoms with Crippen LogP contribution in [-0.2, 0) is 0 Å². The molecule has 20 heavy (non-hydrogen) atoms. The van der Waals surface area contributed by atoms with Crippen LogP contribution in [0, 0.1) is 5.92 Å². The maximum atomic E-state index is 12.2. The largest absolute Gasteiger partial charge is 0.490 e. The average Bonchev–Trinajstić information content (AvgIpc) is 2.43. The fourth-order valence-corrected chi connectivity index (χ4v) is 2.39. The van der Waals surface area contributed by atoms with E-state index in [1.165, 1.54) is 0 Å². The summed E-state index contributed by atoms with van der Waals surface area (Å²) in [6.07, 6.45) is 3.10. The normalized spacial score (nSPS) is 20.9. The van der Waals surface area contributed by atoms with Crippen molar-refractivity contribution in [3.05, 3.63) is 42.5 Å². The number of amides is 1. The van der Waals surface area contributed by atoms with E-state index in [1.807, 2.05) is 0 Å². The Morgan fingerprint density at radius 3 is 2.65 bits per heavy atom. The van der Waals surface area contributed by atoms with Crippen LogP contribution in [0.25, 0.3) is 0 Å². The molecule has 1 saturated carbocycles. The molecule has 1 amide bonds. The van der Waals surface area contributed by atoms with E-state index in [0.29, 0.717) is 24.6 Å². The lowest BCUT2D eigenvalue weighted by Gasteiger charge is -2.34. The second kappa shape index (κ2) is 6.57. The van der Waals surface area contributed by atoms with Gasteiger partial charge in [-0.2, -0.15) is 0 Å². The fourth-order valence-electron chi connectivity index (χ4n) is 2.39. The third-order valence-electron chi connectivity index (χ3n) is 3.56. The molecule has 0 unspecified atom stereocenters. The van der Waals surface area contributed by atoms with Crippen molar-refractivity contribution in [1.82, 2.24) is 4.90 Å². The summed E-state index contributed by atoms with van der Waals surface area (Å²) >= 11 is 0. The van der Waals surface area contributed by atoms with Crippen LogP contribution in [0.3, 0.4) is 0 Å². The summed E-state index contributed by atoms with van der Waals surface area (Å²) < 4.78 is 5.38. The van der Waals surface area contributed by atoms with Gasteiger partial charge in [-0.05, 0) is 43.0 Å². The molecule has 1 aromatic carbocycles. The van der Waals surface area contributed by atoms with Crippen molar-refractivity contribution < 1.29 is 14.6 Å². The predicted molar refractivity (Wildman–Crippen MR) is 77.8 cm³/mol. The Bertz CT molecular complexity index is 463. The Morgan fingerprint density at radius 1 is 1.45 bits per heavy atom. The van der Waals surface area contributed by atoms with E-state index >= 15 is 0 Å². The lowest BCUT2D eigenvalue weighted by molar-refractivity contribution is 0.0265. The molecule has 0 atom stereocenters. The highest BCUT2D eigenvalue weighted by atomic mass is 16.5. The molecule has 2 rings (SSSR count). The Morgan fingerprint density at radius 2 is 2.10 bits per heavy atom. The fraction of sp³-hybridized carbons (Fsp3) is 0.438. The highest BCUT2D eigenvalue weighted by Gasteiger charge is 2.29. The maximum Gasteiger partial charge on any atom is 0.253 e. The van der Waals surface area contributed by atoms with Gasteiger partial charge in [-0.25, -0.2) is 0 Å². The minimum atomic E-state index is -0.176. The van der Waals surface area contributed by atoms with Crippen molar-refractivity contribution in [3.8, 4) is 5.75 Å². The number of nitrogens with zero attached hydrogens (tertiary/aromatic N) is 1. The van der Waals surface area contributed by atoms with Gasteiger partial charge >= 0.3 is 0 Å². The van der Waals surface area contributed by atoms with Gasteiger partial charge in [0.15, 0.2) is 0 Å². The van der Waals surface area contributed by atoms with E-state index in [9.17, 15) is 9.90 Å². The van der Waals surface area contributed by atoms with Crippen molar-refractivity contribution in [2.45, 2.75) is 18.9 Å². The number of carbonyl (C=O) groups excluding carboxylic acids is 1. The highest BCUT2D eigenvalue weighted by molar-refractivity contribution is 5.94. The summed E-state index contributed by atoms with van der Waals surface area (Å²) in [6, 6.07) is 7.12. The van der Waals surface area contributed by atoms with Crippen LogP contribution < -0.4 is 4.74 Å². The number of rotatable bonds is 6. The topological polar surface area (TPSA) is 49.8 Å². The standard InChI is InChI=1S/C16H21NO3/c1-3-8-20-15-6-4-13(5-7-15)16(19)17(2)11-12-9-14(18)10-12/h3-7,12,14,18H,1,8-11H2,2H3. The number of ether oxygens (including phenoxy) is 1. The first kappa shape index (κ1) is 14.6. The molecule has 108 valence electrons. The zero-order valence-corrected chi connectivity index (χ0v) is 11.8. The van der Waals surface area contributed by atoms with Gasteiger partial charge in [-0.1, -0.05) is 12.7 Å². The molecule has 1 aromatic rings. The second-order valence-corrected chi connectivity index (χ2v) is 5.30. The first-order valence-electron chi connectivity index (χ1n) is 6.87. The van der Waals surface area contributed by atoms with Crippen LogP contribution in [0.4, 0.5) is 0 Å². The Balaban J connectivity index is 1.89. The molecular formula is C16H21NO3. The molecular weight excluding hydrogens is 254 g/mol. The van der Waals surface area contributed by atoms with Crippen LogP contribution in [0.1, 0.15) is 23.2 Å². The van der Waals surface area contributed by atoms with Gasteiger partial charge in [0.05, 0.1) is 6.10 Å². The van der Waals surface area contributed by atoms with Crippen LogP contribution in [-0.4, -0.2) is 42.2 Å². The molecule has 0 spiro atoms. The Hall–Kier alpha value is -1.81. The van der Waals surface area contributed by atoms with Crippen molar-refractivity contribution in [2.24, 2.45) is 5.92 Å². The lowest BCUT2D eigenvalue weighted by atomic mass is 9.82. The minimum absolute atomic E-state index is 0.00154. The first-order chi connectivity index (χ1) is 9.60. The van der Waals surface area contributed by atoms with Gasteiger partial charge in [0.1, 0.15) is 12.4 Å². The van der Waals surface area contributed by atoms with Gasteiger partial charge < -0.3 is 14.7 Å². The number of hydrogen-bond donors (Lipinski definition) is 1. The van der Waals surface area contributed by atoms with Gasteiger partial charge in [0, 0.05) is 19.2 Å². The number of benzene rings is 1. The minimum Gasteiger partial charge on any atom is -0.490 e. The lowest BCUT2D eigenvalue weighted by Crippen LogP contribution is -2.39. The zero-order valence-electron chi connectivity index (χ0n) is 11.8. The summed E-state index contributed by atoms with van der Waals surface area (Å²) in [6.45, 7) is 4.74. The molecule has 0 aliphatic heterocycles. The average molecular weight is 275 g/mol. The highest BCUT2D eigenvalue weighted by Crippen LogP contribution is 2.28. The Labute approximate surface area is 119 Å². The monoisotopic (exact) mass is 275 g/mol.